The molecule has 19 heavy (non-hydrogen) atoms. The molecule has 3 rings (SSSR count). The highest BCUT2D eigenvalue weighted by Gasteiger charge is 2.56. The van der Waals surface area contributed by atoms with Crippen LogP contribution in [0.5, 0.6) is 0 Å². The number of piperidine rings is 1. The van der Waals surface area contributed by atoms with Crippen molar-refractivity contribution in [2.75, 3.05) is 24.6 Å². The number of anilines is 1. The molecule has 1 saturated carbocycles. The van der Waals surface area contributed by atoms with E-state index in [1.807, 2.05) is 6.92 Å². The van der Waals surface area contributed by atoms with Crippen molar-refractivity contribution >= 4 is 5.82 Å². The molecule has 0 unspecified atom stereocenters. The quantitative estimate of drug-likeness (QED) is 0.889. The van der Waals surface area contributed by atoms with Gasteiger partial charge >= 0.3 is 0 Å². The van der Waals surface area contributed by atoms with Crippen molar-refractivity contribution in [2.45, 2.75) is 38.4 Å². The molecule has 104 valence electrons. The number of ether oxygens (including phenoxy) is 1. The Morgan fingerprint density at radius 3 is 2.79 bits per heavy atom. The highest BCUT2D eigenvalue weighted by Crippen LogP contribution is 2.51. The molecule has 2 fully saturated rings. The summed E-state index contributed by atoms with van der Waals surface area (Å²) in [7, 11) is 0. The molecule has 5 heteroatoms. The first-order valence-electron chi connectivity index (χ1n) is 7.07. The summed E-state index contributed by atoms with van der Waals surface area (Å²) < 4.78 is 5.78. The minimum atomic E-state index is -0.201. The van der Waals surface area contributed by atoms with Gasteiger partial charge in [0, 0.05) is 43.9 Å². The monoisotopic (exact) mass is 263 g/mol. The first-order valence-corrected chi connectivity index (χ1v) is 7.07. The zero-order valence-corrected chi connectivity index (χ0v) is 11.3. The van der Waals surface area contributed by atoms with Gasteiger partial charge < -0.3 is 14.7 Å². The average molecular weight is 263 g/mol. The molecule has 2 atom stereocenters. The fourth-order valence-electron chi connectivity index (χ4n) is 3.42. The molecule has 1 aliphatic carbocycles. The van der Waals surface area contributed by atoms with Crippen LogP contribution in [0.25, 0.3) is 0 Å². The summed E-state index contributed by atoms with van der Waals surface area (Å²) in [6.07, 6.45) is 7.97. The van der Waals surface area contributed by atoms with Crippen molar-refractivity contribution in [1.82, 2.24) is 9.97 Å². The van der Waals surface area contributed by atoms with Crippen LogP contribution < -0.4 is 4.90 Å². The minimum Gasteiger partial charge on any atom is -0.392 e. The molecule has 0 radical (unpaired) electrons. The topological polar surface area (TPSA) is 58.5 Å². The molecule has 1 aromatic rings. The van der Waals surface area contributed by atoms with E-state index in [9.17, 15) is 5.11 Å². The lowest BCUT2D eigenvalue weighted by molar-refractivity contribution is -0.199. The normalized spacial score (nSPS) is 29.3. The van der Waals surface area contributed by atoms with Crippen LogP contribution in [-0.2, 0) is 4.74 Å². The van der Waals surface area contributed by atoms with Gasteiger partial charge in [-0.15, -0.1) is 0 Å². The summed E-state index contributed by atoms with van der Waals surface area (Å²) in [5, 5.41) is 10.2. The summed E-state index contributed by atoms with van der Waals surface area (Å²) in [4.78, 5) is 10.7. The van der Waals surface area contributed by atoms with E-state index in [2.05, 4.69) is 14.9 Å². The van der Waals surface area contributed by atoms with Crippen LogP contribution in [0, 0.1) is 5.41 Å². The molecule has 1 aliphatic heterocycles. The third-order valence-electron chi connectivity index (χ3n) is 4.68. The molecule has 1 spiro atoms. The number of aliphatic hydroxyl groups excluding tert-OH is 1. The number of nitrogens with zero attached hydrogens (tertiary/aromatic N) is 3. The Bertz CT molecular complexity index is 416. The molecule has 5 nitrogen and oxygen atoms in total. The second-order valence-electron chi connectivity index (χ2n) is 5.48. The molecule has 2 aliphatic rings. The van der Waals surface area contributed by atoms with E-state index >= 15 is 0 Å². The van der Waals surface area contributed by atoms with Crippen LogP contribution in [0.1, 0.15) is 26.2 Å². The predicted octanol–water partition coefficient (Wildman–Crippen LogP) is 1.23. The fraction of sp³-hybridized carbons (Fsp3) is 0.714. The Labute approximate surface area is 113 Å². The van der Waals surface area contributed by atoms with Gasteiger partial charge in [-0.05, 0) is 19.8 Å². The molecule has 0 bridgehead atoms. The zero-order valence-electron chi connectivity index (χ0n) is 11.3. The smallest absolute Gasteiger partial charge is 0.147 e. The number of hydrogen-bond donors (Lipinski definition) is 1. The molecule has 1 aromatic heterocycles. The predicted molar refractivity (Wildman–Crippen MR) is 71.9 cm³/mol. The number of hydrogen-bond acceptors (Lipinski definition) is 5. The second kappa shape index (κ2) is 5.06. The van der Waals surface area contributed by atoms with Crippen molar-refractivity contribution in [3.8, 4) is 0 Å². The van der Waals surface area contributed by atoms with Crippen molar-refractivity contribution in [3.05, 3.63) is 18.6 Å². The lowest BCUT2D eigenvalue weighted by Crippen LogP contribution is -2.62. The maximum absolute atomic E-state index is 10.2. The van der Waals surface area contributed by atoms with Crippen LogP contribution in [-0.4, -0.2) is 47.0 Å². The number of rotatable bonds is 3. The second-order valence-corrected chi connectivity index (χ2v) is 5.48. The minimum absolute atomic E-state index is 0.0191. The summed E-state index contributed by atoms with van der Waals surface area (Å²) in [5.74, 6) is 0.930. The lowest BCUT2D eigenvalue weighted by atomic mass is 9.58. The highest BCUT2D eigenvalue weighted by atomic mass is 16.5. The average Bonchev–Trinajstić information content (AvgIpc) is 2.48. The molecule has 0 aromatic carbocycles. The maximum atomic E-state index is 10.2. The molecule has 1 N–H and O–H groups in total. The van der Waals surface area contributed by atoms with Crippen molar-refractivity contribution in [2.24, 2.45) is 5.41 Å². The first-order chi connectivity index (χ1) is 9.26. The van der Waals surface area contributed by atoms with E-state index in [0.717, 1.165) is 44.8 Å². The van der Waals surface area contributed by atoms with Crippen molar-refractivity contribution < 1.29 is 9.84 Å². The maximum Gasteiger partial charge on any atom is 0.147 e. The third kappa shape index (κ3) is 2.11. The van der Waals surface area contributed by atoms with E-state index in [1.165, 1.54) is 0 Å². The van der Waals surface area contributed by atoms with Gasteiger partial charge in [0.15, 0.2) is 0 Å². The van der Waals surface area contributed by atoms with Crippen LogP contribution >= 0.6 is 0 Å². The largest absolute Gasteiger partial charge is 0.392 e. The molecule has 1 saturated heterocycles. The van der Waals surface area contributed by atoms with Crippen LogP contribution in [0.2, 0.25) is 0 Å². The Morgan fingerprint density at radius 1 is 1.42 bits per heavy atom. The summed E-state index contributed by atoms with van der Waals surface area (Å²) in [6, 6.07) is 0. The molecular formula is C14H21N3O2. The Balaban J connectivity index is 1.66. The van der Waals surface area contributed by atoms with E-state index in [4.69, 9.17) is 4.74 Å². The van der Waals surface area contributed by atoms with Gasteiger partial charge in [-0.1, -0.05) is 0 Å². The van der Waals surface area contributed by atoms with Gasteiger partial charge in [0.1, 0.15) is 5.82 Å². The Hall–Kier alpha value is -1.20. The van der Waals surface area contributed by atoms with Crippen molar-refractivity contribution in [1.29, 1.82) is 0 Å². The van der Waals surface area contributed by atoms with Crippen LogP contribution in [0.4, 0.5) is 5.82 Å². The van der Waals surface area contributed by atoms with Gasteiger partial charge in [0.25, 0.3) is 0 Å². The van der Waals surface area contributed by atoms with E-state index in [0.29, 0.717) is 0 Å². The number of aromatic nitrogens is 2. The first kappa shape index (κ1) is 12.8. The standard InChI is InChI=1S/C14H21N3O2/c1-2-19-12-9-11(18)14(12)3-7-17(8-4-14)13-10-15-5-6-16-13/h5-6,10-12,18H,2-4,7-9H2,1H3/t11-,12+/m0/s1. The van der Waals surface area contributed by atoms with E-state index in [1.54, 1.807) is 18.6 Å². The van der Waals surface area contributed by atoms with Gasteiger partial charge in [-0.3, -0.25) is 4.98 Å². The van der Waals surface area contributed by atoms with E-state index < -0.39 is 0 Å². The number of aliphatic hydroxyl groups is 1. The summed E-state index contributed by atoms with van der Waals surface area (Å²) in [5.41, 5.74) is -0.0191. The van der Waals surface area contributed by atoms with Gasteiger partial charge in [0.05, 0.1) is 18.4 Å². The van der Waals surface area contributed by atoms with Crippen molar-refractivity contribution in [3.63, 3.8) is 0 Å². The third-order valence-corrected chi connectivity index (χ3v) is 4.68. The van der Waals surface area contributed by atoms with E-state index in [-0.39, 0.29) is 17.6 Å². The molecular weight excluding hydrogens is 242 g/mol. The highest BCUT2D eigenvalue weighted by molar-refractivity contribution is 5.36. The van der Waals surface area contributed by atoms with Crippen LogP contribution in [0.15, 0.2) is 18.6 Å². The lowest BCUT2D eigenvalue weighted by Gasteiger charge is -2.56. The fourth-order valence-corrected chi connectivity index (χ4v) is 3.42. The Kier molecular flexibility index (Phi) is 3.41. The summed E-state index contributed by atoms with van der Waals surface area (Å²) in [6.45, 7) is 4.58. The molecule has 2 heterocycles. The SMILES string of the molecule is CCO[C@@H]1C[C@H](O)C12CCN(c1cnccn1)CC2. The van der Waals surface area contributed by atoms with Gasteiger partial charge in [0.2, 0.25) is 0 Å². The zero-order chi connectivity index (χ0) is 13.3. The van der Waals surface area contributed by atoms with Crippen LogP contribution in [0.3, 0.4) is 0 Å². The van der Waals surface area contributed by atoms with Gasteiger partial charge in [-0.25, -0.2) is 4.98 Å². The Morgan fingerprint density at radius 2 is 2.21 bits per heavy atom. The molecule has 0 amide bonds. The van der Waals surface area contributed by atoms with Gasteiger partial charge in [-0.2, -0.15) is 0 Å². The summed E-state index contributed by atoms with van der Waals surface area (Å²) >= 11 is 0.